The molecule has 0 bridgehead atoms. The first-order valence-corrected chi connectivity index (χ1v) is 16.8. The Morgan fingerprint density at radius 1 is 1.86 bits per heavy atom. The smallest absolute Gasteiger partial charge is 1.00 e. The van der Waals surface area contributed by atoms with Crippen molar-refractivity contribution >= 4 is 51.1 Å². The van der Waals surface area contributed by atoms with Gasteiger partial charge in [-0.05, 0) is 0 Å². The minimum atomic E-state index is -0.474. The fraction of sp³-hybridized carbons (Fsp3) is 0. The van der Waals surface area contributed by atoms with E-state index in [1.165, 1.54) is 0 Å². The van der Waals surface area contributed by atoms with Crippen molar-refractivity contribution in [1.29, 1.82) is 0 Å². The monoisotopic (exact) mass is 548 g/mol. The van der Waals surface area contributed by atoms with E-state index in [1.54, 1.807) is 0 Å². The summed E-state index contributed by atoms with van der Waals surface area (Å²) < 4.78 is 0. The summed E-state index contributed by atoms with van der Waals surface area (Å²) in [5.74, 6) is 0. The Kier molecular flexibility index (Phi) is 54.6. The predicted molar refractivity (Wildman–Crippen MR) is 37.8 cm³/mol. The molecule has 0 aromatic carbocycles. The molecule has 0 aliphatic carbocycles. The van der Waals surface area contributed by atoms with Crippen LogP contribution in [0.1, 0.15) is 0 Å². The van der Waals surface area contributed by atoms with Gasteiger partial charge in [0.25, 0.3) is 0 Å². The van der Waals surface area contributed by atoms with Crippen LogP contribution < -0.4 is 80.0 Å². The molecule has 7 heavy (non-hydrogen) atoms. The maximum atomic E-state index is 5.18. The van der Waals surface area contributed by atoms with Crippen molar-refractivity contribution in [3.8, 4) is 0 Å². The molecule has 2 radical (unpaired) electrons. The van der Waals surface area contributed by atoms with Gasteiger partial charge in [-0.15, -0.1) is 0 Å². The molecule has 0 aliphatic rings. The second-order valence-electron chi connectivity index (χ2n) is 0.264. The molecule has 0 rings (SSSR count). The molecule has 0 heterocycles. The van der Waals surface area contributed by atoms with Gasteiger partial charge in [-0.3, -0.25) is 11.1 Å². The molecule has 0 aromatic rings. The molecular formula is CH5ClCsIN2Pb+2. The van der Waals surface area contributed by atoms with Crippen molar-refractivity contribution in [2.24, 2.45) is 5.73 Å². The SMILES string of the molecule is NC=[NH2+].[Cl][Pb][I].[Cs+]. The third-order valence-corrected chi connectivity index (χ3v) is 0. The molecule has 0 aromatic heterocycles. The Morgan fingerprint density at radius 3 is 1.86 bits per heavy atom. The van der Waals surface area contributed by atoms with Crippen molar-refractivity contribution < 1.29 is 74.3 Å². The van der Waals surface area contributed by atoms with Gasteiger partial charge in [-0.25, -0.2) is 0 Å². The van der Waals surface area contributed by atoms with Crippen LogP contribution in [0.25, 0.3) is 0 Å². The summed E-state index contributed by atoms with van der Waals surface area (Å²) >= 11 is 1.77. The average Bonchev–Trinajstić information content (AvgIpc) is 1.39. The molecule has 0 amide bonds. The topological polar surface area (TPSA) is 51.6 Å². The summed E-state index contributed by atoms with van der Waals surface area (Å²) in [6.45, 7) is 0. The van der Waals surface area contributed by atoms with Gasteiger partial charge in [0.2, 0.25) is 6.34 Å². The summed E-state index contributed by atoms with van der Waals surface area (Å²) in [6, 6.07) is 0. The standard InChI is InChI=1S/CH4N2.ClH.Cs.HI.Pb/c2-1-3;;;;/h1H,(H3,2,3);1H;;1H;/q;;+1;;+2/p-1. The molecule has 6 heteroatoms. The largest absolute Gasteiger partial charge is 1.00 e. The number of halogens is 2. The van der Waals surface area contributed by atoms with Crippen molar-refractivity contribution in [1.82, 2.24) is 0 Å². The van der Waals surface area contributed by atoms with Crippen LogP contribution >= 0.6 is 26.1 Å². The van der Waals surface area contributed by atoms with Crippen LogP contribution in [0.3, 0.4) is 0 Å². The quantitative estimate of drug-likeness (QED) is 0.138. The molecule has 0 unspecified atom stereocenters. The molecular weight excluding hydrogens is 542 g/mol. The summed E-state index contributed by atoms with van der Waals surface area (Å²) in [6.07, 6.45) is 1.00. The summed E-state index contributed by atoms with van der Waals surface area (Å²) in [4.78, 5) is 0. The Hall–Kier alpha value is 3.46. The van der Waals surface area contributed by atoms with Crippen molar-refractivity contribution in [3.63, 3.8) is 0 Å². The number of hydrogen-bond donors (Lipinski definition) is 2. The van der Waals surface area contributed by atoms with Crippen LogP contribution in [0, 0.1) is 0 Å². The van der Waals surface area contributed by atoms with Crippen molar-refractivity contribution in [3.05, 3.63) is 0 Å². The van der Waals surface area contributed by atoms with E-state index in [-0.39, 0.29) is 68.9 Å². The van der Waals surface area contributed by atoms with Gasteiger partial charge in [-0.2, -0.15) is 0 Å². The third kappa shape index (κ3) is 43.9. The first kappa shape index (κ1) is 16.8. The number of nitrogens with two attached hydrogens (primary N) is 2. The van der Waals surface area contributed by atoms with E-state index in [9.17, 15) is 0 Å². The zero-order chi connectivity index (χ0) is 5.41. The first-order valence-electron chi connectivity index (χ1n) is 1.04. The van der Waals surface area contributed by atoms with Gasteiger partial charge in [0.1, 0.15) is 0 Å². The third-order valence-electron chi connectivity index (χ3n) is 0. The fourth-order valence-corrected chi connectivity index (χ4v) is 0. The van der Waals surface area contributed by atoms with E-state index < -0.39 is 18.7 Å². The van der Waals surface area contributed by atoms with Gasteiger partial charge in [0.15, 0.2) is 0 Å². The van der Waals surface area contributed by atoms with Crippen LogP contribution in [0.5, 0.6) is 0 Å². The van der Waals surface area contributed by atoms with E-state index in [0.717, 1.165) is 6.34 Å². The Labute approximate surface area is 127 Å². The van der Waals surface area contributed by atoms with Gasteiger partial charge in [0, 0.05) is 0 Å². The molecule has 36 valence electrons. The maximum Gasteiger partial charge on any atom is 1.00 e. The van der Waals surface area contributed by atoms with E-state index in [2.05, 4.69) is 28.9 Å². The maximum absolute atomic E-state index is 5.18. The minimum Gasteiger partial charge on any atom is 1.00 e. The number of rotatable bonds is 0. The zero-order valence-electron chi connectivity index (χ0n) is 3.99. The van der Waals surface area contributed by atoms with Gasteiger partial charge >= 0.3 is 114 Å². The van der Waals surface area contributed by atoms with Gasteiger partial charge in [0.05, 0.1) is 0 Å². The molecule has 0 atom stereocenters. The Morgan fingerprint density at radius 2 is 1.86 bits per heavy atom. The summed E-state index contributed by atoms with van der Waals surface area (Å²) in [5, 5.41) is 4.50. The van der Waals surface area contributed by atoms with Gasteiger partial charge in [-0.1, -0.05) is 0 Å². The normalized spacial score (nSPS) is 4.29. The van der Waals surface area contributed by atoms with Crippen LogP contribution in [-0.2, 0) is 0 Å². The molecule has 2 nitrogen and oxygen atoms in total. The van der Waals surface area contributed by atoms with Crippen molar-refractivity contribution in [2.75, 3.05) is 0 Å². The first-order chi connectivity index (χ1) is 2.83. The van der Waals surface area contributed by atoms with Gasteiger partial charge < -0.3 is 0 Å². The van der Waals surface area contributed by atoms with E-state index >= 15 is 0 Å². The fourth-order valence-electron chi connectivity index (χ4n) is 0. The van der Waals surface area contributed by atoms with Crippen molar-refractivity contribution in [2.45, 2.75) is 0 Å². The van der Waals surface area contributed by atoms with E-state index in [0.29, 0.717) is 0 Å². The molecule has 0 saturated heterocycles. The van der Waals surface area contributed by atoms with Crippen LogP contribution in [0.4, 0.5) is 0 Å². The minimum absolute atomic E-state index is 0. The van der Waals surface area contributed by atoms with Crippen LogP contribution in [0.2, 0.25) is 0 Å². The average molecular weight is 548 g/mol. The van der Waals surface area contributed by atoms with Crippen LogP contribution in [0.15, 0.2) is 0 Å². The Balaban J connectivity index is -0.0000000400. The zero-order valence-corrected chi connectivity index (χ0v) is 17.1. The molecule has 0 saturated carbocycles. The summed E-state index contributed by atoms with van der Waals surface area (Å²) in [5.41, 5.74) is 4.50. The number of hydrogen-bond acceptors (Lipinski definition) is 0. The predicted octanol–water partition coefficient (Wildman–Crippen LogP) is -4.07. The molecule has 0 spiro atoms. The van der Waals surface area contributed by atoms with Crippen LogP contribution in [-0.4, -0.2) is 25.1 Å². The van der Waals surface area contributed by atoms with E-state index in [1.807, 2.05) is 0 Å². The van der Waals surface area contributed by atoms with E-state index in [4.69, 9.17) is 8.32 Å². The molecule has 0 fully saturated rings. The Bertz CT molecular complexity index is 31.7. The second kappa shape index (κ2) is 22.7. The second-order valence-corrected chi connectivity index (χ2v) is 12.8. The molecule has 4 N–H and O–H groups in total. The molecule has 0 aliphatic heterocycles. The summed E-state index contributed by atoms with van der Waals surface area (Å²) in [7, 11) is 5.18.